The minimum atomic E-state index is -0.0571. The number of aromatic nitrogens is 3. The van der Waals surface area contributed by atoms with Crippen molar-refractivity contribution in [3.63, 3.8) is 0 Å². The number of benzene rings is 1. The third-order valence-corrected chi connectivity index (χ3v) is 4.81. The van der Waals surface area contributed by atoms with E-state index in [0.29, 0.717) is 10.8 Å². The van der Waals surface area contributed by atoms with Crippen molar-refractivity contribution < 1.29 is 4.79 Å². The van der Waals surface area contributed by atoms with E-state index in [2.05, 4.69) is 36.2 Å². The highest BCUT2D eigenvalue weighted by molar-refractivity contribution is 9.10. The Kier molecular flexibility index (Phi) is 4.68. The maximum Gasteiger partial charge on any atom is 0.234 e. The number of aryl methyl sites for hydroxylation is 1. The fourth-order valence-electron chi connectivity index (χ4n) is 2.13. The zero-order valence-electron chi connectivity index (χ0n) is 12.7. The fourth-order valence-corrected chi connectivity index (χ4v) is 3.13. The summed E-state index contributed by atoms with van der Waals surface area (Å²) in [5.74, 6) is 0.229. The van der Waals surface area contributed by atoms with Gasteiger partial charge in [0, 0.05) is 16.4 Å². The molecule has 0 atom stereocenters. The number of halogens is 1. The highest BCUT2D eigenvalue weighted by Crippen LogP contribution is 2.22. The number of fused-ring (bicyclic) bond motifs is 1. The molecule has 0 aliphatic heterocycles. The lowest BCUT2D eigenvalue weighted by Gasteiger charge is -2.09. The number of hydrogen-bond donors (Lipinski definition) is 2. The van der Waals surface area contributed by atoms with Crippen LogP contribution in [0.25, 0.3) is 11.2 Å². The second-order valence-electron chi connectivity index (χ2n) is 5.15. The molecular formula is C16H15BrN4OS. The zero-order chi connectivity index (χ0) is 16.4. The second kappa shape index (κ2) is 6.72. The third-order valence-electron chi connectivity index (χ3n) is 3.50. The van der Waals surface area contributed by atoms with E-state index in [1.807, 2.05) is 38.1 Å². The van der Waals surface area contributed by atoms with Gasteiger partial charge >= 0.3 is 0 Å². The van der Waals surface area contributed by atoms with Gasteiger partial charge in [-0.1, -0.05) is 23.9 Å². The van der Waals surface area contributed by atoms with E-state index in [0.717, 1.165) is 26.8 Å². The van der Waals surface area contributed by atoms with E-state index < -0.39 is 0 Å². The number of thioether (sulfide) groups is 1. The molecule has 0 aliphatic carbocycles. The molecule has 0 fully saturated rings. The molecule has 7 heteroatoms. The Bertz CT molecular complexity index is 878. The lowest BCUT2D eigenvalue weighted by atomic mass is 10.1. The lowest BCUT2D eigenvalue weighted by molar-refractivity contribution is -0.113. The highest BCUT2D eigenvalue weighted by atomic mass is 79.9. The maximum atomic E-state index is 12.1. The topological polar surface area (TPSA) is 70.7 Å². The van der Waals surface area contributed by atoms with Crippen LogP contribution in [0, 0.1) is 13.8 Å². The molecule has 0 unspecified atom stereocenters. The van der Waals surface area contributed by atoms with E-state index in [9.17, 15) is 4.79 Å². The Morgan fingerprint density at radius 2 is 2.22 bits per heavy atom. The maximum absolute atomic E-state index is 12.1. The van der Waals surface area contributed by atoms with Crippen molar-refractivity contribution >= 4 is 50.5 Å². The number of nitrogens with zero attached hydrogens (tertiary/aromatic N) is 2. The Morgan fingerprint density at radius 1 is 1.39 bits per heavy atom. The van der Waals surface area contributed by atoms with Gasteiger partial charge in [0.15, 0.2) is 10.8 Å². The summed E-state index contributed by atoms with van der Waals surface area (Å²) < 4.78 is 0.887. The first kappa shape index (κ1) is 16.0. The van der Waals surface area contributed by atoms with E-state index in [4.69, 9.17) is 0 Å². The van der Waals surface area contributed by atoms with Gasteiger partial charge in [-0.05, 0) is 53.0 Å². The molecule has 0 aliphatic rings. The zero-order valence-corrected chi connectivity index (χ0v) is 15.1. The van der Waals surface area contributed by atoms with Crippen LogP contribution < -0.4 is 5.32 Å². The summed E-state index contributed by atoms with van der Waals surface area (Å²) in [7, 11) is 0. The van der Waals surface area contributed by atoms with Crippen molar-refractivity contribution in [1.82, 2.24) is 15.0 Å². The Morgan fingerprint density at radius 3 is 3.04 bits per heavy atom. The first-order valence-electron chi connectivity index (χ1n) is 7.03. The first-order chi connectivity index (χ1) is 11.0. The van der Waals surface area contributed by atoms with Crippen molar-refractivity contribution in [1.29, 1.82) is 0 Å². The molecule has 3 rings (SSSR count). The SMILES string of the molecule is Cc1cccc(NC(=O)CSc2nc3ncc(Br)cc3[nH]2)c1C. The van der Waals surface area contributed by atoms with Crippen LogP contribution in [0.1, 0.15) is 11.1 Å². The van der Waals surface area contributed by atoms with Crippen LogP contribution in [-0.2, 0) is 4.79 Å². The summed E-state index contributed by atoms with van der Waals surface area (Å²) in [5.41, 5.74) is 4.58. The number of carbonyl (C=O) groups is 1. The van der Waals surface area contributed by atoms with Crippen LogP contribution in [0.3, 0.4) is 0 Å². The third kappa shape index (κ3) is 3.73. The van der Waals surface area contributed by atoms with Crippen LogP contribution in [0.15, 0.2) is 40.1 Å². The molecule has 0 saturated carbocycles. The summed E-state index contributed by atoms with van der Waals surface area (Å²) in [6.45, 7) is 4.03. The summed E-state index contributed by atoms with van der Waals surface area (Å²) in [4.78, 5) is 23.9. The minimum absolute atomic E-state index is 0.0571. The van der Waals surface area contributed by atoms with Gasteiger partial charge in [-0.2, -0.15) is 0 Å². The molecule has 0 radical (unpaired) electrons. The van der Waals surface area contributed by atoms with E-state index in [1.54, 1.807) is 6.20 Å². The molecule has 1 aromatic carbocycles. The number of aromatic amines is 1. The van der Waals surface area contributed by atoms with Crippen molar-refractivity contribution in [3.05, 3.63) is 46.1 Å². The van der Waals surface area contributed by atoms with E-state index in [-0.39, 0.29) is 11.7 Å². The minimum Gasteiger partial charge on any atom is -0.331 e. The van der Waals surface area contributed by atoms with Gasteiger partial charge in [0.25, 0.3) is 0 Å². The Hall–Kier alpha value is -1.86. The predicted octanol–water partition coefficient (Wildman–Crippen LogP) is 4.07. The average Bonchev–Trinajstić information content (AvgIpc) is 2.92. The number of carbonyl (C=O) groups excluding carboxylic acids is 1. The van der Waals surface area contributed by atoms with E-state index >= 15 is 0 Å². The number of anilines is 1. The standard InChI is InChI=1S/C16H15BrN4OS/c1-9-4-3-5-12(10(9)2)19-14(22)8-23-16-20-13-6-11(17)7-18-15(13)21-16/h3-7H,8H2,1-2H3,(H,19,22)(H,18,20,21). The summed E-state index contributed by atoms with van der Waals surface area (Å²) >= 11 is 4.73. The monoisotopic (exact) mass is 390 g/mol. The number of amides is 1. The number of imidazole rings is 1. The van der Waals surface area contributed by atoms with Crippen molar-refractivity contribution in [2.24, 2.45) is 0 Å². The van der Waals surface area contributed by atoms with Gasteiger partial charge in [0.05, 0.1) is 11.3 Å². The molecular weight excluding hydrogens is 376 g/mol. The van der Waals surface area contributed by atoms with Gasteiger partial charge in [-0.3, -0.25) is 4.79 Å². The quantitative estimate of drug-likeness (QED) is 0.658. The van der Waals surface area contributed by atoms with Crippen molar-refractivity contribution in [2.75, 3.05) is 11.1 Å². The molecule has 2 aromatic heterocycles. The molecule has 1 amide bonds. The molecule has 118 valence electrons. The van der Waals surface area contributed by atoms with Gasteiger partial charge in [0.2, 0.25) is 5.91 Å². The molecule has 0 spiro atoms. The predicted molar refractivity (Wildman–Crippen MR) is 96.9 cm³/mol. The number of hydrogen-bond acceptors (Lipinski definition) is 4. The molecule has 0 bridgehead atoms. The highest BCUT2D eigenvalue weighted by Gasteiger charge is 2.10. The Labute approximate surface area is 146 Å². The van der Waals surface area contributed by atoms with Gasteiger partial charge in [-0.15, -0.1) is 0 Å². The van der Waals surface area contributed by atoms with E-state index in [1.165, 1.54) is 11.8 Å². The number of pyridine rings is 1. The van der Waals surface area contributed by atoms with Crippen molar-refractivity contribution in [3.8, 4) is 0 Å². The molecule has 5 nitrogen and oxygen atoms in total. The smallest absolute Gasteiger partial charge is 0.234 e. The second-order valence-corrected chi connectivity index (χ2v) is 7.03. The molecule has 0 saturated heterocycles. The van der Waals surface area contributed by atoms with Gasteiger partial charge < -0.3 is 10.3 Å². The van der Waals surface area contributed by atoms with Crippen LogP contribution in [0.5, 0.6) is 0 Å². The number of H-pyrrole nitrogens is 1. The fraction of sp³-hybridized carbons (Fsp3) is 0.188. The normalized spacial score (nSPS) is 10.9. The van der Waals surface area contributed by atoms with Crippen molar-refractivity contribution in [2.45, 2.75) is 19.0 Å². The van der Waals surface area contributed by atoms with Crippen LogP contribution in [0.4, 0.5) is 5.69 Å². The summed E-state index contributed by atoms with van der Waals surface area (Å²) in [6.07, 6.45) is 1.70. The van der Waals surface area contributed by atoms with Gasteiger partial charge in [-0.25, -0.2) is 9.97 Å². The molecule has 3 aromatic rings. The number of rotatable bonds is 4. The van der Waals surface area contributed by atoms with Crippen LogP contribution >= 0.6 is 27.7 Å². The number of nitrogens with one attached hydrogen (secondary N) is 2. The summed E-state index contributed by atoms with van der Waals surface area (Å²) in [5, 5.41) is 3.62. The van der Waals surface area contributed by atoms with Crippen LogP contribution in [-0.4, -0.2) is 26.6 Å². The first-order valence-corrected chi connectivity index (χ1v) is 8.81. The molecule has 23 heavy (non-hydrogen) atoms. The molecule has 2 heterocycles. The van der Waals surface area contributed by atoms with Crippen LogP contribution in [0.2, 0.25) is 0 Å². The van der Waals surface area contributed by atoms with Gasteiger partial charge in [0.1, 0.15) is 0 Å². The average molecular weight is 391 g/mol. The Balaban J connectivity index is 1.65. The lowest BCUT2D eigenvalue weighted by Crippen LogP contribution is -2.15. The molecule has 2 N–H and O–H groups in total. The summed E-state index contributed by atoms with van der Waals surface area (Å²) in [6, 6.07) is 7.79. The largest absolute Gasteiger partial charge is 0.331 e.